The van der Waals surface area contributed by atoms with Gasteiger partial charge in [-0.1, -0.05) is 42.0 Å². The number of hydrogen-bond acceptors (Lipinski definition) is 3. The molecule has 4 heteroatoms. The van der Waals surface area contributed by atoms with E-state index in [1.54, 1.807) is 7.11 Å². The number of aliphatic hydroxyl groups is 1. The lowest BCUT2D eigenvalue weighted by Gasteiger charge is -2.36. The molecule has 0 spiro atoms. The number of amides is 1. The van der Waals surface area contributed by atoms with Gasteiger partial charge in [0.2, 0.25) is 0 Å². The zero-order valence-electron chi connectivity index (χ0n) is 16.0. The van der Waals surface area contributed by atoms with Crippen LogP contribution in [0.15, 0.2) is 48.5 Å². The van der Waals surface area contributed by atoms with Gasteiger partial charge in [0.1, 0.15) is 5.75 Å². The Morgan fingerprint density at radius 3 is 2.70 bits per heavy atom. The van der Waals surface area contributed by atoms with Crippen molar-refractivity contribution in [1.82, 2.24) is 4.90 Å². The molecule has 0 unspecified atom stereocenters. The Labute approximate surface area is 160 Å². The number of fused-ring (bicyclic) bond motifs is 2. The molecule has 2 saturated heterocycles. The van der Waals surface area contributed by atoms with Crippen molar-refractivity contribution in [2.75, 3.05) is 13.7 Å². The summed E-state index contributed by atoms with van der Waals surface area (Å²) in [6.45, 7) is 2.10. The van der Waals surface area contributed by atoms with Crippen molar-refractivity contribution in [2.24, 2.45) is 5.41 Å². The third kappa shape index (κ3) is 3.02. The van der Waals surface area contributed by atoms with Crippen LogP contribution in [0.3, 0.4) is 0 Å². The van der Waals surface area contributed by atoms with Gasteiger partial charge in [-0.05, 0) is 50.3 Å². The van der Waals surface area contributed by atoms with Crippen molar-refractivity contribution in [3.63, 3.8) is 0 Å². The molecule has 2 fully saturated rings. The Morgan fingerprint density at radius 1 is 1.22 bits per heavy atom. The average Bonchev–Trinajstić information content (AvgIpc) is 3.24. The summed E-state index contributed by atoms with van der Waals surface area (Å²) < 4.78 is 5.45. The molecule has 2 aliphatic rings. The van der Waals surface area contributed by atoms with Crippen molar-refractivity contribution in [3.05, 3.63) is 65.2 Å². The summed E-state index contributed by atoms with van der Waals surface area (Å²) in [6.07, 6.45) is 3.64. The van der Waals surface area contributed by atoms with E-state index in [-0.39, 0.29) is 30.0 Å². The number of methoxy groups -OCH3 is 1. The Morgan fingerprint density at radius 2 is 2.00 bits per heavy atom. The predicted molar refractivity (Wildman–Crippen MR) is 105 cm³/mol. The van der Waals surface area contributed by atoms with Crippen molar-refractivity contribution in [1.29, 1.82) is 0 Å². The van der Waals surface area contributed by atoms with Crippen molar-refractivity contribution >= 4 is 5.91 Å². The Kier molecular flexibility index (Phi) is 4.68. The predicted octanol–water partition coefficient (Wildman–Crippen LogP) is 3.60. The molecule has 2 aromatic carbocycles. The molecule has 2 heterocycles. The van der Waals surface area contributed by atoms with Gasteiger partial charge in [0, 0.05) is 17.5 Å². The van der Waals surface area contributed by atoms with E-state index in [9.17, 15) is 9.90 Å². The van der Waals surface area contributed by atoms with Crippen LogP contribution in [0, 0.1) is 12.3 Å². The highest BCUT2D eigenvalue weighted by Crippen LogP contribution is 2.52. The summed E-state index contributed by atoms with van der Waals surface area (Å²) in [6, 6.07) is 16.3. The fraction of sp³-hybridized carbons (Fsp3) is 0.435. The fourth-order valence-corrected chi connectivity index (χ4v) is 5.14. The van der Waals surface area contributed by atoms with Crippen LogP contribution in [-0.4, -0.2) is 41.7 Å². The van der Waals surface area contributed by atoms with E-state index in [1.165, 1.54) is 5.56 Å². The summed E-state index contributed by atoms with van der Waals surface area (Å²) >= 11 is 0. The molecular weight excluding hydrogens is 338 g/mol. The van der Waals surface area contributed by atoms with Gasteiger partial charge < -0.3 is 14.7 Å². The SMILES string of the molecule is COc1ccc(C)cc1C(=O)N1[C@H]2CC[C@@H]1[C@@](CO)(Cc1ccccc1)C2. The second-order valence-electron chi connectivity index (χ2n) is 8.05. The van der Waals surface area contributed by atoms with Crippen LogP contribution in [-0.2, 0) is 6.42 Å². The number of ether oxygens (including phenoxy) is 1. The highest BCUT2D eigenvalue weighted by atomic mass is 16.5. The number of rotatable bonds is 5. The number of hydrogen-bond donors (Lipinski definition) is 1. The van der Waals surface area contributed by atoms with Gasteiger partial charge in [0.15, 0.2) is 0 Å². The summed E-state index contributed by atoms with van der Waals surface area (Å²) in [5, 5.41) is 10.4. The maximum atomic E-state index is 13.5. The molecular formula is C23H27NO3. The van der Waals surface area contributed by atoms with E-state index in [2.05, 4.69) is 12.1 Å². The second kappa shape index (κ2) is 7.01. The molecule has 27 heavy (non-hydrogen) atoms. The van der Waals surface area contributed by atoms with Crippen LogP contribution >= 0.6 is 0 Å². The molecule has 142 valence electrons. The molecule has 3 atom stereocenters. The molecule has 2 bridgehead atoms. The molecule has 2 aliphatic heterocycles. The second-order valence-corrected chi connectivity index (χ2v) is 8.05. The molecule has 0 radical (unpaired) electrons. The fourth-order valence-electron chi connectivity index (χ4n) is 5.14. The first-order chi connectivity index (χ1) is 13.1. The molecule has 0 saturated carbocycles. The minimum atomic E-state index is -0.253. The summed E-state index contributed by atoms with van der Waals surface area (Å²) in [5.74, 6) is 0.654. The van der Waals surface area contributed by atoms with E-state index in [0.29, 0.717) is 11.3 Å². The van der Waals surface area contributed by atoms with Gasteiger partial charge in [-0.25, -0.2) is 0 Å². The highest BCUT2D eigenvalue weighted by Gasteiger charge is 2.57. The molecule has 0 aliphatic carbocycles. The Bertz CT molecular complexity index is 835. The zero-order chi connectivity index (χ0) is 19.0. The van der Waals surface area contributed by atoms with Gasteiger partial charge in [0.05, 0.1) is 19.3 Å². The third-order valence-corrected chi connectivity index (χ3v) is 6.39. The lowest BCUT2D eigenvalue weighted by molar-refractivity contribution is 0.0568. The molecule has 4 nitrogen and oxygen atoms in total. The van der Waals surface area contributed by atoms with Crippen LogP contribution in [0.5, 0.6) is 5.75 Å². The highest BCUT2D eigenvalue weighted by molar-refractivity contribution is 5.98. The molecule has 2 aromatic rings. The summed E-state index contributed by atoms with van der Waals surface area (Å²) in [5.41, 5.74) is 2.64. The number of nitrogens with zero attached hydrogens (tertiary/aromatic N) is 1. The van der Waals surface area contributed by atoms with E-state index in [4.69, 9.17) is 4.74 Å². The van der Waals surface area contributed by atoms with Crippen LogP contribution in [0.25, 0.3) is 0 Å². The minimum absolute atomic E-state index is 0.0337. The van der Waals surface area contributed by atoms with Crippen LogP contribution in [0.4, 0.5) is 0 Å². The van der Waals surface area contributed by atoms with Crippen molar-refractivity contribution in [2.45, 2.75) is 44.7 Å². The quantitative estimate of drug-likeness (QED) is 0.881. The van der Waals surface area contributed by atoms with Gasteiger partial charge >= 0.3 is 0 Å². The first-order valence-electron chi connectivity index (χ1n) is 9.70. The van der Waals surface area contributed by atoms with Crippen LogP contribution in [0.1, 0.15) is 40.7 Å². The van der Waals surface area contributed by atoms with E-state index in [1.807, 2.05) is 48.2 Å². The number of aliphatic hydroxyl groups excluding tert-OH is 1. The number of benzene rings is 2. The zero-order valence-corrected chi connectivity index (χ0v) is 16.0. The minimum Gasteiger partial charge on any atom is -0.496 e. The van der Waals surface area contributed by atoms with Gasteiger partial charge in [0.25, 0.3) is 5.91 Å². The topological polar surface area (TPSA) is 49.8 Å². The van der Waals surface area contributed by atoms with E-state index < -0.39 is 0 Å². The Balaban J connectivity index is 1.66. The molecule has 1 amide bonds. The lowest BCUT2D eigenvalue weighted by Crippen LogP contribution is -2.44. The van der Waals surface area contributed by atoms with E-state index >= 15 is 0 Å². The largest absolute Gasteiger partial charge is 0.496 e. The number of carbonyl (C=O) groups excluding carboxylic acids is 1. The van der Waals surface area contributed by atoms with Crippen molar-refractivity contribution < 1.29 is 14.6 Å². The molecule has 1 N–H and O–H groups in total. The van der Waals surface area contributed by atoms with Gasteiger partial charge in [-0.15, -0.1) is 0 Å². The Hall–Kier alpha value is -2.33. The maximum Gasteiger partial charge on any atom is 0.258 e. The van der Waals surface area contributed by atoms with Crippen LogP contribution in [0.2, 0.25) is 0 Å². The standard InChI is InChI=1S/C23H27NO3/c1-16-8-10-20(27-2)19(12-16)22(26)24-18-9-11-21(24)23(14-18,15-25)13-17-6-4-3-5-7-17/h3-8,10,12,18,21,25H,9,11,13-15H2,1-2H3/t18-,21+,23-/m0/s1. The molecule has 4 rings (SSSR count). The van der Waals surface area contributed by atoms with Crippen LogP contribution < -0.4 is 4.74 Å². The maximum absolute atomic E-state index is 13.5. The average molecular weight is 365 g/mol. The number of aryl methyl sites for hydroxylation is 1. The monoisotopic (exact) mass is 365 g/mol. The van der Waals surface area contributed by atoms with Gasteiger partial charge in [-0.3, -0.25) is 4.79 Å². The summed E-state index contributed by atoms with van der Waals surface area (Å²) in [7, 11) is 1.60. The smallest absolute Gasteiger partial charge is 0.258 e. The first kappa shape index (κ1) is 18.1. The lowest BCUT2D eigenvalue weighted by atomic mass is 9.70. The number of carbonyl (C=O) groups is 1. The third-order valence-electron chi connectivity index (χ3n) is 6.39. The van der Waals surface area contributed by atoms with Crippen molar-refractivity contribution in [3.8, 4) is 5.75 Å². The molecule has 0 aromatic heterocycles. The normalized spacial score (nSPS) is 26.4. The van der Waals surface area contributed by atoms with Gasteiger partial charge in [-0.2, -0.15) is 0 Å². The van der Waals surface area contributed by atoms with E-state index in [0.717, 1.165) is 31.2 Å². The first-order valence-corrected chi connectivity index (χ1v) is 9.70. The summed E-state index contributed by atoms with van der Waals surface area (Å²) in [4.78, 5) is 15.5.